The van der Waals surface area contributed by atoms with Crippen molar-refractivity contribution in [2.75, 3.05) is 17.2 Å². The number of rotatable bonds is 3. The second-order valence-corrected chi connectivity index (χ2v) is 8.85. The van der Waals surface area contributed by atoms with Gasteiger partial charge in [-0.15, -0.1) is 0 Å². The van der Waals surface area contributed by atoms with Crippen LogP contribution in [0.5, 0.6) is 0 Å². The Labute approximate surface area is 187 Å². The van der Waals surface area contributed by atoms with Crippen LogP contribution in [0, 0.1) is 0 Å². The van der Waals surface area contributed by atoms with Crippen molar-refractivity contribution in [3.8, 4) is 11.3 Å². The summed E-state index contributed by atoms with van der Waals surface area (Å²) in [5.41, 5.74) is 3.24. The lowest BCUT2D eigenvalue weighted by Crippen LogP contribution is -2.36. The van der Waals surface area contributed by atoms with Crippen LogP contribution in [0.3, 0.4) is 0 Å². The van der Waals surface area contributed by atoms with Gasteiger partial charge in [0.2, 0.25) is 5.91 Å². The normalized spacial score (nSPS) is 15.0. The van der Waals surface area contributed by atoms with Gasteiger partial charge >= 0.3 is 6.18 Å². The highest BCUT2D eigenvalue weighted by Gasteiger charge is 2.39. The lowest BCUT2D eigenvalue weighted by molar-refractivity contribution is -0.142. The van der Waals surface area contributed by atoms with Crippen LogP contribution in [0.1, 0.15) is 28.8 Å². The maximum Gasteiger partial charge on any atom is 0.433 e. The van der Waals surface area contributed by atoms with E-state index in [1.807, 2.05) is 36.4 Å². The van der Waals surface area contributed by atoms with Gasteiger partial charge in [0.1, 0.15) is 0 Å². The number of halogens is 3. The highest BCUT2D eigenvalue weighted by molar-refractivity contribution is 7.99. The second kappa shape index (κ2) is 8.24. The summed E-state index contributed by atoms with van der Waals surface area (Å²) in [5, 5.41) is -0.0218. The molecule has 1 aliphatic carbocycles. The van der Waals surface area contributed by atoms with Crippen molar-refractivity contribution in [3.05, 3.63) is 70.9 Å². The number of aryl methyl sites for hydroxylation is 2. The van der Waals surface area contributed by atoms with Crippen LogP contribution in [0.25, 0.3) is 11.3 Å². The van der Waals surface area contributed by atoms with Crippen LogP contribution in [0.4, 0.5) is 18.9 Å². The van der Waals surface area contributed by atoms with Gasteiger partial charge in [0.15, 0.2) is 10.9 Å². The summed E-state index contributed by atoms with van der Waals surface area (Å²) in [6, 6.07) is 15.1. The summed E-state index contributed by atoms with van der Waals surface area (Å²) < 4.78 is 41.4. The van der Waals surface area contributed by atoms with Gasteiger partial charge in [-0.2, -0.15) is 13.2 Å². The predicted octanol–water partition coefficient (Wildman–Crippen LogP) is 5.33. The van der Waals surface area contributed by atoms with E-state index in [1.54, 1.807) is 17.0 Å². The minimum absolute atomic E-state index is 0.0218. The van der Waals surface area contributed by atoms with Crippen LogP contribution in [0.2, 0.25) is 0 Å². The third kappa shape index (κ3) is 3.88. The van der Waals surface area contributed by atoms with Crippen LogP contribution >= 0.6 is 11.8 Å². The number of carbonyl (C=O) groups is 1. The predicted molar refractivity (Wildman–Crippen MR) is 118 cm³/mol. The Hall–Kier alpha value is -2.87. The zero-order valence-corrected chi connectivity index (χ0v) is 18.0. The zero-order valence-electron chi connectivity index (χ0n) is 17.2. The number of para-hydroxylation sites is 1. The molecular weight excluding hydrogens is 435 g/mol. The molecular formula is C24H20F3N3OS. The molecule has 2 aliphatic rings. The molecule has 4 nitrogen and oxygen atoms in total. The summed E-state index contributed by atoms with van der Waals surface area (Å²) >= 11 is 0.961. The second-order valence-electron chi connectivity index (χ2n) is 7.90. The van der Waals surface area contributed by atoms with E-state index in [9.17, 15) is 18.0 Å². The van der Waals surface area contributed by atoms with Gasteiger partial charge in [0.25, 0.3) is 0 Å². The van der Waals surface area contributed by atoms with E-state index >= 15 is 0 Å². The highest BCUT2D eigenvalue weighted by atomic mass is 32.2. The number of aromatic nitrogens is 2. The molecule has 5 rings (SSSR count). The SMILES string of the molecule is O=C(CSc1nc2c(c(C(F)(F)F)n1)CCc1ccccc1-2)N1CCCc2ccccc21. The maximum absolute atomic E-state index is 13.8. The molecule has 0 radical (unpaired) electrons. The zero-order chi connectivity index (χ0) is 22.3. The summed E-state index contributed by atoms with van der Waals surface area (Å²) in [7, 11) is 0. The Kier molecular flexibility index (Phi) is 5.41. The maximum atomic E-state index is 13.8. The van der Waals surface area contributed by atoms with Crippen molar-refractivity contribution in [3.63, 3.8) is 0 Å². The molecule has 0 saturated heterocycles. The average molecular weight is 456 g/mol. The number of amides is 1. The van der Waals surface area contributed by atoms with Crippen molar-refractivity contribution in [1.29, 1.82) is 0 Å². The van der Waals surface area contributed by atoms with Crippen LogP contribution in [0.15, 0.2) is 53.7 Å². The van der Waals surface area contributed by atoms with Crippen LogP contribution in [-0.2, 0) is 30.2 Å². The summed E-state index contributed by atoms with van der Waals surface area (Å²) in [5.74, 6) is -0.177. The first-order valence-electron chi connectivity index (χ1n) is 10.5. The van der Waals surface area contributed by atoms with Crippen molar-refractivity contribution in [2.45, 2.75) is 37.0 Å². The molecule has 1 aromatic heterocycles. The van der Waals surface area contributed by atoms with Gasteiger partial charge in [-0.1, -0.05) is 54.2 Å². The molecule has 2 aromatic carbocycles. The fraction of sp³-hybridized carbons (Fsp3) is 0.292. The lowest BCUT2D eigenvalue weighted by Gasteiger charge is -2.29. The van der Waals surface area contributed by atoms with Crippen molar-refractivity contribution in [2.24, 2.45) is 0 Å². The molecule has 3 aromatic rings. The fourth-order valence-corrected chi connectivity index (χ4v) is 5.17. The smallest absolute Gasteiger partial charge is 0.311 e. The monoisotopic (exact) mass is 455 g/mol. The molecule has 1 amide bonds. The number of hydrogen-bond donors (Lipinski definition) is 0. The van der Waals surface area contributed by atoms with Crippen molar-refractivity contribution in [1.82, 2.24) is 9.97 Å². The lowest BCUT2D eigenvalue weighted by atomic mass is 9.88. The molecule has 0 spiro atoms. The Morgan fingerprint density at radius 2 is 1.72 bits per heavy atom. The largest absolute Gasteiger partial charge is 0.433 e. The minimum atomic E-state index is -4.58. The fourth-order valence-electron chi connectivity index (χ4n) is 4.45. The molecule has 0 bridgehead atoms. The summed E-state index contributed by atoms with van der Waals surface area (Å²) in [6.07, 6.45) is -2.04. The van der Waals surface area contributed by atoms with E-state index < -0.39 is 11.9 Å². The van der Waals surface area contributed by atoms with E-state index in [1.165, 1.54) is 0 Å². The number of benzene rings is 2. The van der Waals surface area contributed by atoms with E-state index in [2.05, 4.69) is 9.97 Å². The summed E-state index contributed by atoms with van der Waals surface area (Å²) in [6.45, 7) is 0.600. The topological polar surface area (TPSA) is 46.1 Å². The van der Waals surface area contributed by atoms with E-state index in [0.717, 1.165) is 41.4 Å². The first-order chi connectivity index (χ1) is 15.4. The third-order valence-electron chi connectivity index (χ3n) is 5.91. The molecule has 164 valence electrons. The number of nitrogens with zero attached hydrogens (tertiary/aromatic N) is 3. The van der Waals surface area contributed by atoms with Gasteiger partial charge in [-0.3, -0.25) is 4.79 Å². The first-order valence-corrected chi connectivity index (χ1v) is 11.5. The number of hydrogen-bond acceptors (Lipinski definition) is 4. The highest BCUT2D eigenvalue weighted by Crippen LogP contribution is 2.40. The third-order valence-corrected chi connectivity index (χ3v) is 6.74. The standard InChI is InChI=1S/C24H20F3N3OS/c25-24(26,27)22-18-12-11-15-6-1-3-9-17(15)21(18)28-23(29-22)32-14-20(31)30-13-5-8-16-7-2-4-10-19(16)30/h1-4,6-7,9-10H,5,8,11-14H2. The molecule has 0 saturated carbocycles. The molecule has 32 heavy (non-hydrogen) atoms. The number of anilines is 1. The number of fused-ring (bicyclic) bond motifs is 4. The van der Waals surface area contributed by atoms with Gasteiger partial charge in [-0.25, -0.2) is 9.97 Å². The molecule has 1 aliphatic heterocycles. The number of carbonyl (C=O) groups excluding carboxylic acids is 1. The van der Waals surface area contributed by atoms with Gasteiger partial charge in [0.05, 0.1) is 11.4 Å². The molecule has 0 N–H and O–H groups in total. The molecule has 0 fully saturated rings. The summed E-state index contributed by atoms with van der Waals surface area (Å²) in [4.78, 5) is 23.0. The van der Waals surface area contributed by atoms with E-state index in [-0.39, 0.29) is 28.8 Å². The molecule has 0 atom stereocenters. The Morgan fingerprint density at radius 1 is 0.969 bits per heavy atom. The van der Waals surface area contributed by atoms with Crippen LogP contribution in [-0.4, -0.2) is 28.2 Å². The van der Waals surface area contributed by atoms with E-state index in [0.29, 0.717) is 24.2 Å². The van der Waals surface area contributed by atoms with Crippen molar-refractivity contribution >= 4 is 23.4 Å². The quantitative estimate of drug-likeness (QED) is 0.396. The number of thioether (sulfide) groups is 1. The van der Waals surface area contributed by atoms with Gasteiger partial charge in [0, 0.05) is 23.4 Å². The molecule has 8 heteroatoms. The first kappa shape index (κ1) is 21.0. The Bertz CT molecular complexity index is 1200. The molecule has 0 unspecified atom stereocenters. The van der Waals surface area contributed by atoms with Gasteiger partial charge in [-0.05, 0) is 42.9 Å². The molecule has 2 heterocycles. The Balaban J connectivity index is 1.45. The Morgan fingerprint density at radius 3 is 2.53 bits per heavy atom. The average Bonchev–Trinajstić information content (AvgIpc) is 2.81. The number of alkyl halides is 3. The minimum Gasteiger partial charge on any atom is -0.311 e. The van der Waals surface area contributed by atoms with Crippen molar-refractivity contribution < 1.29 is 18.0 Å². The van der Waals surface area contributed by atoms with E-state index in [4.69, 9.17) is 0 Å². The van der Waals surface area contributed by atoms with Gasteiger partial charge < -0.3 is 4.90 Å². The van der Waals surface area contributed by atoms with Crippen LogP contribution < -0.4 is 4.90 Å².